The molecule has 6 heteroatoms. The van der Waals surface area contributed by atoms with Gasteiger partial charge in [-0.25, -0.2) is 4.98 Å². The van der Waals surface area contributed by atoms with Gasteiger partial charge in [-0.05, 0) is 68.4 Å². The Morgan fingerprint density at radius 3 is 2.90 bits per heavy atom. The van der Waals surface area contributed by atoms with E-state index in [0.29, 0.717) is 17.4 Å². The van der Waals surface area contributed by atoms with Crippen LogP contribution in [-0.2, 0) is 6.54 Å². The number of benzene rings is 1. The van der Waals surface area contributed by atoms with Gasteiger partial charge in [0.2, 0.25) is 5.28 Å². The van der Waals surface area contributed by atoms with Crippen molar-refractivity contribution in [2.45, 2.75) is 43.7 Å². The monoisotopic (exact) mass is 309 g/mol. The summed E-state index contributed by atoms with van der Waals surface area (Å²) in [6, 6.07) is 5.70. The van der Waals surface area contributed by atoms with Crippen LogP contribution in [0.15, 0.2) is 27.9 Å². The first kappa shape index (κ1) is 13.9. The van der Waals surface area contributed by atoms with Crippen LogP contribution in [0.5, 0.6) is 0 Å². The van der Waals surface area contributed by atoms with E-state index in [9.17, 15) is 4.79 Å². The van der Waals surface area contributed by atoms with Crippen molar-refractivity contribution in [3.8, 4) is 0 Å². The summed E-state index contributed by atoms with van der Waals surface area (Å²) in [4.78, 5) is 17.6. The molecule has 1 aromatic heterocycles. The molecule has 1 N–H and O–H groups in total. The second kappa shape index (κ2) is 5.06. The molecule has 1 aliphatic carbocycles. The number of fused-ring (bicyclic) bond motifs is 1. The molecule has 0 saturated heterocycles. The zero-order valence-electron chi connectivity index (χ0n) is 11.4. The van der Waals surface area contributed by atoms with Crippen molar-refractivity contribution in [1.82, 2.24) is 14.3 Å². The number of hydrogen-bond donors (Lipinski definition) is 1. The van der Waals surface area contributed by atoms with E-state index in [1.165, 1.54) is 17.4 Å². The number of hydrogen-bond acceptors (Lipinski definition) is 4. The van der Waals surface area contributed by atoms with Crippen molar-refractivity contribution < 1.29 is 0 Å². The molecular weight excluding hydrogens is 294 g/mol. The first-order chi connectivity index (χ1) is 9.52. The van der Waals surface area contributed by atoms with Crippen molar-refractivity contribution >= 4 is 34.5 Å². The molecule has 0 radical (unpaired) electrons. The highest BCUT2D eigenvalue weighted by Gasteiger charge is 2.37. The van der Waals surface area contributed by atoms with E-state index in [0.717, 1.165) is 4.90 Å². The van der Waals surface area contributed by atoms with Crippen LogP contribution in [0.1, 0.15) is 26.7 Å². The SMILES string of the molecule is CCn1c(Cl)nc2ccc(SNC3(C)CC3)cc2c1=O. The van der Waals surface area contributed by atoms with E-state index >= 15 is 0 Å². The first-order valence-electron chi connectivity index (χ1n) is 6.66. The Morgan fingerprint density at radius 2 is 2.25 bits per heavy atom. The van der Waals surface area contributed by atoms with E-state index in [2.05, 4.69) is 16.6 Å². The Bertz CT molecular complexity index is 724. The predicted molar refractivity (Wildman–Crippen MR) is 83.3 cm³/mol. The maximum absolute atomic E-state index is 12.4. The Kier molecular flexibility index (Phi) is 3.52. The minimum atomic E-state index is -0.0809. The van der Waals surface area contributed by atoms with E-state index in [-0.39, 0.29) is 16.4 Å². The van der Waals surface area contributed by atoms with Crippen LogP contribution in [0.2, 0.25) is 5.28 Å². The molecule has 20 heavy (non-hydrogen) atoms. The molecular formula is C14H16ClN3OS. The lowest BCUT2D eigenvalue weighted by molar-refractivity contribution is 0.701. The lowest BCUT2D eigenvalue weighted by Crippen LogP contribution is -2.22. The van der Waals surface area contributed by atoms with Crippen molar-refractivity contribution in [1.29, 1.82) is 0 Å². The molecule has 1 aromatic carbocycles. The summed E-state index contributed by atoms with van der Waals surface area (Å²) >= 11 is 7.58. The third-order valence-electron chi connectivity index (χ3n) is 3.61. The van der Waals surface area contributed by atoms with E-state index in [4.69, 9.17) is 11.6 Å². The van der Waals surface area contributed by atoms with Gasteiger partial charge in [-0.3, -0.25) is 14.1 Å². The number of nitrogens with zero attached hydrogens (tertiary/aromatic N) is 2. The Hall–Kier alpha value is -1.04. The summed E-state index contributed by atoms with van der Waals surface area (Å²) in [5.74, 6) is 0. The summed E-state index contributed by atoms with van der Waals surface area (Å²) in [6.07, 6.45) is 2.40. The van der Waals surface area contributed by atoms with Crippen LogP contribution in [0, 0.1) is 0 Å². The Morgan fingerprint density at radius 1 is 1.50 bits per heavy atom. The number of halogens is 1. The fourth-order valence-electron chi connectivity index (χ4n) is 1.98. The van der Waals surface area contributed by atoms with E-state index in [1.807, 2.05) is 25.1 Å². The highest BCUT2D eigenvalue weighted by Crippen LogP contribution is 2.37. The second-order valence-corrected chi connectivity index (χ2v) is 6.59. The number of rotatable bonds is 4. The lowest BCUT2D eigenvalue weighted by atomic mass is 10.2. The average molecular weight is 310 g/mol. The smallest absolute Gasteiger partial charge is 0.262 e. The van der Waals surface area contributed by atoms with Crippen LogP contribution in [0.3, 0.4) is 0 Å². The molecule has 0 aliphatic heterocycles. The highest BCUT2D eigenvalue weighted by molar-refractivity contribution is 7.97. The molecule has 0 spiro atoms. The second-order valence-electron chi connectivity index (χ2n) is 5.37. The van der Waals surface area contributed by atoms with Crippen LogP contribution in [0.4, 0.5) is 0 Å². The molecule has 0 bridgehead atoms. The fraction of sp³-hybridized carbons (Fsp3) is 0.429. The summed E-state index contributed by atoms with van der Waals surface area (Å²) < 4.78 is 4.91. The molecule has 1 fully saturated rings. The van der Waals surface area contributed by atoms with Crippen molar-refractivity contribution in [3.05, 3.63) is 33.8 Å². The normalized spacial score (nSPS) is 16.6. The Balaban J connectivity index is 1.99. The van der Waals surface area contributed by atoms with Crippen LogP contribution < -0.4 is 10.3 Å². The summed E-state index contributed by atoms with van der Waals surface area (Å²) in [5.41, 5.74) is 0.816. The average Bonchev–Trinajstić information content (AvgIpc) is 3.16. The minimum absolute atomic E-state index is 0.0809. The summed E-state index contributed by atoms with van der Waals surface area (Å²) in [7, 11) is 0. The van der Waals surface area contributed by atoms with Gasteiger partial charge in [0.15, 0.2) is 0 Å². The van der Waals surface area contributed by atoms with Gasteiger partial charge >= 0.3 is 0 Å². The van der Waals surface area contributed by atoms with E-state index < -0.39 is 0 Å². The summed E-state index contributed by atoms with van der Waals surface area (Å²) in [5, 5.41) is 0.859. The quantitative estimate of drug-likeness (QED) is 0.696. The van der Waals surface area contributed by atoms with Crippen molar-refractivity contribution in [2.24, 2.45) is 0 Å². The van der Waals surface area contributed by atoms with Crippen LogP contribution in [0.25, 0.3) is 10.9 Å². The molecule has 1 aliphatic rings. The minimum Gasteiger partial charge on any atom is -0.283 e. The molecule has 4 nitrogen and oxygen atoms in total. The van der Waals surface area contributed by atoms with Gasteiger partial charge in [0.05, 0.1) is 10.9 Å². The maximum atomic E-state index is 12.4. The van der Waals surface area contributed by atoms with Crippen LogP contribution >= 0.6 is 23.5 Å². The molecule has 0 atom stereocenters. The van der Waals surface area contributed by atoms with Gasteiger partial charge in [-0.1, -0.05) is 0 Å². The molecule has 1 saturated carbocycles. The summed E-state index contributed by atoms with van der Waals surface area (Å²) in [6.45, 7) is 4.61. The molecule has 2 aromatic rings. The zero-order chi connectivity index (χ0) is 14.3. The van der Waals surface area contributed by atoms with Crippen LogP contribution in [-0.4, -0.2) is 15.1 Å². The Labute approximate surface area is 126 Å². The van der Waals surface area contributed by atoms with E-state index in [1.54, 1.807) is 11.9 Å². The zero-order valence-corrected chi connectivity index (χ0v) is 13.0. The van der Waals surface area contributed by atoms with Gasteiger partial charge in [0, 0.05) is 17.0 Å². The molecule has 3 rings (SSSR count). The van der Waals surface area contributed by atoms with Crippen molar-refractivity contribution in [3.63, 3.8) is 0 Å². The third-order valence-corrected chi connectivity index (χ3v) is 4.98. The molecule has 0 unspecified atom stereocenters. The maximum Gasteiger partial charge on any atom is 0.262 e. The van der Waals surface area contributed by atoms with Gasteiger partial charge in [0.25, 0.3) is 5.56 Å². The highest BCUT2D eigenvalue weighted by atomic mass is 35.5. The molecule has 1 heterocycles. The van der Waals surface area contributed by atoms with Gasteiger partial charge in [-0.2, -0.15) is 0 Å². The third kappa shape index (κ3) is 2.57. The number of aromatic nitrogens is 2. The topological polar surface area (TPSA) is 46.9 Å². The van der Waals surface area contributed by atoms with Gasteiger partial charge < -0.3 is 0 Å². The van der Waals surface area contributed by atoms with Gasteiger partial charge in [0.1, 0.15) is 0 Å². The fourth-order valence-corrected chi connectivity index (χ4v) is 3.15. The largest absolute Gasteiger partial charge is 0.283 e. The van der Waals surface area contributed by atoms with Gasteiger partial charge in [-0.15, -0.1) is 0 Å². The molecule has 0 amide bonds. The lowest BCUT2D eigenvalue weighted by Gasteiger charge is -2.11. The van der Waals surface area contributed by atoms with Crippen molar-refractivity contribution in [2.75, 3.05) is 0 Å². The first-order valence-corrected chi connectivity index (χ1v) is 7.86. The predicted octanol–water partition coefficient (Wildman–Crippen LogP) is 3.22. The number of nitrogens with one attached hydrogen (secondary N) is 1. The standard InChI is InChI=1S/C14H16ClN3OS/c1-3-18-12(19)10-8-9(20-17-14(2)6-7-14)4-5-11(10)16-13(18)15/h4-5,8,17H,3,6-7H2,1-2H3. The molecule has 106 valence electrons.